The van der Waals surface area contributed by atoms with Crippen LogP contribution in [0.2, 0.25) is 0 Å². The van der Waals surface area contributed by atoms with E-state index in [1.807, 2.05) is 0 Å². The van der Waals surface area contributed by atoms with Crippen molar-refractivity contribution in [1.29, 1.82) is 0 Å². The van der Waals surface area contributed by atoms with E-state index in [1.54, 1.807) is 0 Å². The van der Waals surface area contributed by atoms with Gasteiger partial charge in [-0.1, -0.05) is 25.8 Å². The minimum Gasteiger partial charge on any atom is -0.487 e. The van der Waals surface area contributed by atoms with Crippen molar-refractivity contribution in [1.82, 2.24) is 5.32 Å². The van der Waals surface area contributed by atoms with E-state index in [-0.39, 0.29) is 5.60 Å². The van der Waals surface area contributed by atoms with E-state index >= 15 is 0 Å². The van der Waals surface area contributed by atoms with Gasteiger partial charge in [0.1, 0.15) is 11.4 Å². The molecule has 1 aliphatic rings. The van der Waals surface area contributed by atoms with Gasteiger partial charge in [0.15, 0.2) is 0 Å². The van der Waals surface area contributed by atoms with Gasteiger partial charge in [0, 0.05) is 18.0 Å². The maximum absolute atomic E-state index is 6.20. The predicted octanol–water partition coefficient (Wildman–Crippen LogP) is 4.69. The van der Waals surface area contributed by atoms with Gasteiger partial charge in [0.25, 0.3) is 0 Å². The molecule has 0 bridgehead atoms. The molecule has 1 heterocycles. The van der Waals surface area contributed by atoms with Gasteiger partial charge in [-0.05, 0) is 57.9 Å². The highest BCUT2D eigenvalue weighted by Crippen LogP contribution is 2.41. The third kappa shape index (κ3) is 3.54. The molecule has 0 aliphatic carbocycles. The molecule has 1 aromatic carbocycles. The van der Waals surface area contributed by atoms with Gasteiger partial charge in [-0.3, -0.25) is 0 Å². The van der Waals surface area contributed by atoms with E-state index in [2.05, 4.69) is 52.1 Å². The second-order valence-electron chi connectivity index (χ2n) is 6.77. The zero-order valence-electron chi connectivity index (χ0n) is 13.7. The summed E-state index contributed by atoms with van der Waals surface area (Å²) in [5, 5.41) is 3.75. The van der Waals surface area contributed by atoms with Crippen LogP contribution in [-0.4, -0.2) is 12.1 Å². The Kier molecular flexibility index (Phi) is 4.74. The summed E-state index contributed by atoms with van der Waals surface area (Å²) in [5.41, 5.74) is 3.91. The summed E-state index contributed by atoms with van der Waals surface area (Å²) >= 11 is 0. The highest BCUT2D eigenvalue weighted by atomic mass is 16.5. The highest BCUT2D eigenvalue weighted by molar-refractivity contribution is 5.47. The van der Waals surface area contributed by atoms with Crippen molar-refractivity contribution >= 4 is 0 Å². The Morgan fingerprint density at radius 2 is 2.00 bits per heavy atom. The molecule has 20 heavy (non-hydrogen) atoms. The van der Waals surface area contributed by atoms with Crippen LogP contribution in [0, 0.1) is 13.8 Å². The van der Waals surface area contributed by atoms with Crippen LogP contribution >= 0.6 is 0 Å². The molecule has 0 saturated heterocycles. The molecule has 0 spiro atoms. The number of ether oxygens (including phenoxy) is 1. The molecule has 0 fully saturated rings. The average Bonchev–Trinajstić information content (AvgIpc) is 2.31. The number of fused-ring (bicyclic) bond motifs is 1. The average molecular weight is 275 g/mol. The van der Waals surface area contributed by atoms with Crippen molar-refractivity contribution in [3.05, 3.63) is 28.8 Å². The first-order valence-corrected chi connectivity index (χ1v) is 7.96. The van der Waals surface area contributed by atoms with Gasteiger partial charge in [-0.2, -0.15) is 0 Å². The quantitative estimate of drug-likeness (QED) is 0.787. The molecular weight excluding hydrogens is 246 g/mol. The summed E-state index contributed by atoms with van der Waals surface area (Å²) in [7, 11) is 0. The third-order valence-electron chi connectivity index (χ3n) is 4.09. The topological polar surface area (TPSA) is 21.3 Å². The zero-order valence-corrected chi connectivity index (χ0v) is 13.7. The molecular formula is C18H29NO. The molecule has 2 heteroatoms. The van der Waals surface area contributed by atoms with Crippen LogP contribution in [0.25, 0.3) is 0 Å². The van der Waals surface area contributed by atoms with E-state index in [0.29, 0.717) is 6.04 Å². The molecule has 0 amide bonds. The molecule has 112 valence electrons. The molecule has 0 radical (unpaired) electrons. The summed E-state index contributed by atoms with van der Waals surface area (Å²) in [6, 6.07) is 4.87. The van der Waals surface area contributed by atoms with Crippen molar-refractivity contribution in [2.75, 3.05) is 6.54 Å². The molecule has 1 aliphatic heterocycles. The number of rotatable bonds is 5. The maximum atomic E-state index is 6.20. The standard InChI is InChI=1S/C18H29NO/c1-6-7-8-9-19-15-12-18(4,5)20-16-11-13(2)10-14(3)17(15)16/h10-11,15,19H,6-9,12H2,1-5H3. The Balaban J connectivity index is 2.21. The van der Waals surface area contributed by atoms with Crippen LogP contribution in [0.4, 0.5) is 0 Å². The first-order chi connectivity index (χ1) is 9.43. The summed E-state index contributed by atoms with van der Waals surface area (Å²) in [5.74, 6) is 1.08. The fourth-order valence-electron chi connectivity index (χ4n) is 3.23. The molecule has 1 unspecified atom stereocenters. The monoisotopic (exact) mass is 275 g/mol. The zero-order chi connectivity index (χ0) is 14.8. The lowest BCUT2D eigenvalue weighted by Gasteiger charge is -2.39. The first-order valence-electron chi connectivity index (χ1n) is 7.96. The van der Waals surface area contributed by atoms with E-state index in [4.69, 9.17) is 4.74 Å². The van der Waals surface area contributed by atoms with E-state index < -0.39 is 0 Å². The third-order valence-corrected chi connectivity index (χ3v) is 4.09. The number of benzene rings is 1. The van der Waals surface area contributed by atoms with Crippen LogP contribution in [0.15, 0.2) is 12.1 Å². The van der Waals surface area contributed by atoms with Crippen LogP contribution < -0.4 is 10.1 Å². The predicted molar refractivity (Wildman–Crippen MR) is 85.5 cm³/mol. The van der Waals surface area contributed by atoms with Crippen molar-refractivity contribution in [3.8, 4) is 5.75 Å². The van der Waals surface area contributed by atoms with E-state index in [1.165, 1.54) is 36.0 Å². The van der Waals surface area contributed by atoms with Gasteiger partial charge in [0.2, 0.25) is 0 Å². The largest absolute Gasteiger partial charge is 0.487 e. The van der Waals surface area contributed by atoms with Crippen LogP contribution in [0.5, 0.6) is 5.75 Å². The van der Waals surface area contributed by atoms with Crippen molar-refractivity contribution < 1.29 is 4.74 Å². The van der Waals surface area contributed by atoms with Crippen molar-refractivity contribution in [2.24, 2.45) is 0 Å². The highest BCUT2D eigenvalue weighted by Gasteiger charge is 2.34. The Morgan fingerprint density at radius 3 is 2.70 bits per heavy atom. The Bertz CT molecular complexity index is 465. The van der Waals surface area contributed by atoms with Gasteiger partial charge in [0.05, 0.1) is 0 Å². The van der Waals surface area contributed by atoms with E-state index in [0.717, 1.165) is 18.7 Å². The van der Waals surface area contributed by atoms with Gasteiger partial charge >= 0.3 is 0 Å². The first kappa shape index (κ1) is 15.4. The second kappa shape index (κ2) is 6.17. The fourth-order valence-corrected chi connectivity index (χ4v) is 3.23. The Labute approximate surface area is 123 Å². The van der Waals surface area contributed by atoms with Crippen LogP contribution in [0.1, 0.15) is 69.2 Å². The summed E-state index contributed by atoms with van der Waals surface area (Å²) < 4.78 is 6.20. The van der Waals surface area contributed by atoms with Crippen LogP contribution in [-0.2, 0) is 0 Å². The molecule has 1 aromatic rings. The fraction of sp³-hybridized carbons (Fsp3) is 0.667. The van der Waals surface area contributed by atoms with Crippen molar-refractivity contribution in [3.63, 3.8) is 0 Å². The Morgan fingerprint density at radius 1 is 1.25 bits per heavy atom. The minimum atomic E-state index is -0.0876. The molecule has 2 rings (SSSR count). The minimum absolute atomic E-state index is 0.0876. The van der Waals surface area contributed by atoms with Gasteiger partial charge < -0.3 is 10.1 Å². The van der Waals surface area contributed by atoms with Crippen molar-refractivity contribution in [2.45, 2.75) is 71.9 Å². The molecule has 1 atom stereocenters. The summed E-state index contributed by atoms with van der Waals surface area (Å²) in [6.07, 6.45) is 4.87. The number of nitrogens with one attached hydrogen (secondary N) is 1. The number of hydrogen-bond acceptors (Lipinski definition) is 2. The number of hydrogen-bond donors (Lipinski definition) is 1. The summed E-state index contributed by atoms with van der Waals surface area (Å²) in [4.78, 5) is 0. The molecule has 0 aromatic heterocycles. The number of unbranched alkanes of at least 4 members (excludes halogenated alkanes) is 2. The normalized spacial score (nSPS) is 20.4. The van der Waals surface area contributed by atoms with Gasteiger partial charge in [-0.15, -0.1) is 0 Å². The Hall–Kier alpha value is -1.02. The lowest BCUT2D eigenvalue weighted by Crippen LogP contribution is -2.40. The SMILES string of the molecule is CCCCCNC1CC(C)(C)Oc2cc(C)cc(C)c21. The molecule has 0 saturated carbocycles. The summed E-state index contributed by atoms with van der Waals surface area (Å²) in [6.45, 7) is 12.1. The second-order valence-corrected chi connectivity index (χ2v) is 6.77. The van der Waals surface area contributed by atoms with Gasteiger partial charge in [-0.25, -0.2) is 0 Å². The lowest BCUT2D eigenvalue weighted by molar-refractivity contribution is 0.0657. The smallest absolute Gasteiger partial charge is 0.125 e. The maximum Gasteiger partial charge on any atom is 0.125 e. The molecule has 1 N–H and O–H groups in total. The number of aryl methyl sites for hydroxylation is 2. The van der Waals surface area contributed by atoms with Crippen LogP contribution in [0.3, 0.4) is 0 Å². The lowest BCUT2D eigenvalue weighted by atomic mass is 9.86. The van der Waals surface area contributed by atoms with E-state index in [9.17, 15) is 0 Å². The molecule has 2 nitrogen and oxygen atoms in total.